The summed E-state index contributed by atoms with van der Waals surface area (Å²) in [6.45, 7) is 2.54. The molecule has 23 heavy (non-hydrogen) atoms. The van der Waals surface area contributed by atoms with Gasteiger partial charge in [-0.1, -0.05) is 23.5 Å². The summed E-state index contributed by atoms with van der Waals surface area (Å²) in [6.07, 6.45) is 1.73. The van der Waals surface area contributed by atoms with Crippen molar-refractivity contribution >= 4 is 32.9 Å². The van der Waals surface area contributed by atoms with Crippen molar-refractivity contribution in [3.05, 3.63) is 48.0 Å². The van der Waals surface area contributed by atoms with Gasteiger partial charge in [0.1, 0.15) is 0 Å². The fraction of sp³-hybridized carbons (Fsp3) is 0.176. The Morgan fingerprint density at radius 1 is 1.22 bits per heavy atom. The van der Waals surface area contributed by atoms with Crippen molar-refractivity contribution in [1.82, 2.24) is 4.98 Å². The molecule has 3 aromatic rings. The van der Waals surface area contributed by atoms with Crippen LogP contribution in [0.15, 0.2) is 47.6 Å². The molecule has 0 aliphatic heterocycles. The Morgan fingerprint density at radius 2 is 2.09 bits per heavy atom. The van der Waals surface area contributed by atoms with Crippen molar-refractivity contribution in [3.8, 4) is 11.5 Å². The Balaban J connectivity index is 1.72. The Morgan fingerprint density at radius 3 is 2.87 bits per heavy atom. The van der Waals surface area contributed by atoms with E-state index >= 15 is 0 Å². The van der Waals surface area contributed by atoms with Crippen LogP contribution >= 0.6 is 11.3 Å². The van der Waals surface area contributed by atoms with Crippen LogP contribution in [-0.2, 0) is 0 Å². The number of benzene rings is 2. The summed E-state index contributed by atoms with van der Waals surface area (Å²) < 4.78 is 12.0. The number of methoxy groups -OCH3 is 1. The quantitative estimate of drug-likeness (QED) is 0.546. The van der Waals surface area contributed by atoms with E-state index in [1.165, 1.54) is 0 Å². The van der Waals surface area contributed by atoms with Crippen LogP contribution in [0, 0.1) is 0 Å². The molecule has 0 saturated carbocycles. The first-order valence-electron chi connectivity index (χ1n) is 7.25. The molecule has 0 fully saturated rings. The van der Waals surface area contributed by atoms with Gasteiger partial charge in [-0.3, -0.25) is 5.43 Å². The summed E-state index contributed by atoms with van der Waals surface area (Å²) in [7, 11) is 1.62. The van der Waals surface area contributed by atoms with Gasteiger partial charge in [0.15, 0.2) is 11.5 Å². The highest BCUT2D eigenvalue weighted by atomic mass is 32.1. The molecular formula is C17H17N3O2S. The lowest BCUT2D eigenvalue weighted by Gasteiger charge is -2.09. The molecule has 0 radical (unpaired) electrons. The standard InChI is InChI=1S/C17H17N3O2S/c1-3-22-14-9-8-12(10-15(14)21-2)11-18-20-17-19-13-6-4-5-7-16(13)23-17/h4-11H,3H2,1-2H3,(H,19,20). The summed E-state index contributed by atoms with van der Waals surface area (Å²) in [6, 6.07) is 13.7. The van der Waals surface area contributed by atoms with Crippen LogP contribution in [0.25, 0.3) is 10.2 Å². The van der Waals surface area contributed by atoms with Gasteiger partial charge in [0.05, 0.1) is 30.1 Å². The van der Waals surface area contributed by atoms with Crippen LogP contribution in [0.4, 0.5) is 5.13 Å². The van der Waals surface area contributed by atoms with Gasteiger partial charge in [-0.05, 0) is 42.8 Å². The fourth-order valence-corrected chi connectivity index (χ4v) is 2.94. The smallest absolute Gasteiger partial charge is 0.204 e. The van der Waals surface area contributed by atoms with Crippen LogP contribution in [0.3, 0.4) is 0 Å². The maximum absolute atomic E-state index is 5.50. The van der Waals surface area contributed by atoms with Gasteiger partial charge in [-0.25, -0.2) is 4.98 Å². The normalized spacial score (nSPS) is 11.0. The number of nitrogens with zero attached hydrogens (tertiary/aromatic N) is 2. The number of hydrogen-bond donors (Lipinski definition) is 1. The first kappa shape index (κ1) is 15.3. The number of para-hydroxylation sites is 1. The molecule has 0 unspecified atom stereocenters. The SMILES string of the molecule is CCOc1ccc(C=NNc2nc3ccccc3s2)cc1OC. The minimum atomic E-state index is 0.600. The number of hydrogen-bond acceptors (Lipinski definition) is 6. The van der Waals surface area contributed by atoms with E-state index in [0.717, 1.165) is 26.7 Å². The number of ether oxygens (including phenoxy) is 2. The Hall–Kier alpha value is -2.60. The van der Waals surface area contributed by atoms with Crippen LogP contribution in [-0.4, -0.2) is 24.9 Å². The summed E-state index contributed by atoms with van der Waals surface area (Å²) in [5.74, 6) is 1.42. The largest absolute Gasteiger partial charge is 0.493 e. The molecule has 0 bridgehead atoms. The van der Waals surface area contributed by atoms with Crippen LogP contribution in [0.5, 0.6) is 11.5 Å². The zero-order valence-corrected chi connectivity index (χ0v) is 13.8. The zero-order valence-electron chi connectivity index (χ0n) is 12.9. The molecule has 1 aromatic heterocycles. The van der Waals surface area contributed by atoms with Gasteiger partial charge in [0.2, 0.25) is 5.13 Å². The molecule has 6 heteroatoms. The molecule has 5 nitrogen and oxygen atoms in total. The van der Waals surface area contributed by atoms with Crippen molar-refractivity contribution in [1.29, 1.82) is 0 Å². The van der Waals surface area contributed by atoms with Crippen LogP contribution in [0.2, 0.25) is 0 Å². The highest BCUT2D eigenvalue weighted by Gasteiger charge is 2.04. The predicted octanol–water partition coefficient (Wildman–Crippen LogP) is 4.15. The van der Waals surface area contributed by atoms with Crippen molar-refractivity contribution in [2.45, 2.75) is 6.92 Å². The second-order valence-corrected chi connectivity index (χ2v) is 5.73. The summed E-state index contributed by atoms with van der Waals surface area (Å²) >= 11 is 1.57. The first-order chi connectivity index (χ1) is 11.3. The first-order valence-corrected chi connectivity index (χ1v) is 8.07. The van der Waals surface area contributed by atoms with E-state index in [4.69, 9.17) is 9.47 Å². The number of aromatic nitrogens is 1. The van der Waals surface area contributed by atoms with E-state index in [-0.39, 0.29) is 0 Å². The molecule has 0 spiro atoms. The third kappa shape index (κ3) is 3.60. The van der Waals surface area contributed by atoms with Crippen molar-refractivity contribution in [2.24, 2.45) is 5.10 Å². The lowest BCUT2D eigenvalue weighted by Crippen LogP contribution is -1.96. The number of fused-ring (bicyclic) bond motifs is 1. The molecule has 0 saturated heterocycles. The summed E-state index contributed by atoms with van der Waals surface area (Å²) in [4.78, 5) is 4.47. The highest BCUT2D eigenvalue weighted by Crippen LogP contribution is 2.28. The van der Waals surface area contributed by atoms with Gasteiger partial charge >= 0.3 is 0 Å². The minimum Gasteiger partial charge on any atom is -0.493 e. The molecule has 1 heterocycles. The van der Waals surface area contributed by atoms with Crippen molar-refractivity contribution < 1.29 is 9.47 Å². The van der Waals surface area contributed by atoms with Crippen molar-refractivity contribution in [3.63, 3.8) is 0 Å². The molecule has 1 N–H and O–H groups in total. The molecule has 2 aromatic carbocycles. The van der Waals surface area contributed by atoms with Gasteiger partial charge in [-0.2, -0.15) is 5.10 Å². The van der Waals surface area contributed by atoms with E-state index in [9.17, 15) is 0 Å². The molecule has 0 amide bonds. The zero-order chi connectivity index (χ0) is 16.1. The average molecular weight is 327 g/mol. The number of thiazole rings is 1. The second-order valence-electron chi connectivity index (χ2n) is 4.70. The van der Waals surface area contributed by atoms with Gasteiger partial charge < -0.3 is 9.47 Å². The Kier molecular flexibility index (Phi) is 4.73. The van der Waals surface area contributed by atoms with E-state index in [2.05, 4.69) is 15.5 Å². The molecular weight excluding hydrogens is 310 g/mol. The average Bonchev–Trinajstić information content (AvgIpc) is 2.99. The van der Waals surface area contributed by atoms with Gasteiger partial charge in [0, 0.05) is 0 Å². The molecule has 0 atom stereocenters. The predicted molar refractivity (Wildman–Crippen MR) is 95.0 cm³/mol. The van der Waals surface area contributed by atoms with E-state index in [0.29, 0.717) is 12.4 Å². The van der Waals surface area contributed by atoms with Crippen LogP contribution in [0.1, 0.15) is 12.5 Å². The second kappa shape index (κ2) is 7.11. The molecule has 3 rings (SSSR count). The number of nitrogens with one attached hydrogen (secondary N) is 1. The number of anilines is 1. The van der Waals surface area contributed by atoms with E-state index in [1.807, 2.05) is 49.4 Å². The van der Waals surface area contributed by atoms with E-state index in [1.54, 1.807) is 24.7 Å². The number of rotatable bonds is 6. The van der Waals surface area contributed by atoms with E-state index < -0.39 is 0 Å². The maximum Gasteiger partial charge on any atom is 0.204 e. The highest BCUT2D eigenvalue weighted by molar-refractivity contribution is 7.22. The monoisotopic (exact) mass is 327 g/mol. The maximum atomic E-state index is 5.50. The van der Waals surface area contributed by atoms with Crippen LogP contribution < -0.4 is 14.9 Å². The molecule has 0 aliphatic carbocycles. The third-order valence-electron chi connectivity index (χ3n) is 3.16. The third-order valence-corrected chi connectivity index (χ3v) is 4.10. The topological polar surface area (TPSA) is 55.7 Å². The van der Waals surface area contributed by atoms with Gasteiger partial charge in [-0.15, -0.1) is 0 Å². The molecule has 0 aliphatic rings. The summed E-state index contributed by atoms with van der Waals surface area (Å²) in [5.41, 5.74) is 4.85. The lowest BCUT2D eigenvalue weighted by molar-refractivity contribution is 0.311. The summed E-state index contributed by atoms with van der Waals surface area (Å²) in [5, 5.41) is 5.00. The Labute approximate surface area is 138 Å². The number of hydrazone groups is 1. The molecule has 118 valence electrons. The Bertz CT molecular complexity index is 797. The van der Waals surface area contributed by atoms with Crippen molar-refractivity contribution in [2.75, 3.05) is 19.1 Å². The minimum absolute atomic E-state index is 0.600. The fourth-order valence-electron chi connectivity index (χ4n) is 2.12. The lowest BCUT2D eigenvalue weighted by atomic mass is 10.2. The van der Waals surface area contributed by atoms with Gasteiger partial charge in [0.25, 0.3) is 0 Å².